The summed E-state index contributed by atoms with van der Waals surface area (Å²) in [6, 6.07) is 4.77. The summed E-state index contributed by atoms with van der Waals surface area (Å²) in [6.45, 7) is 5.29. The molecule has 0 amide bonds. The van der Waals surface area contributed by atoms with Gasteiger partial charge in [-0.1, -0.05) is 23.2 Å². The summed E-state index contributed by atoms with van der Waals surface area (Å²) in [6.07, 6.45) is 3.95. The van der Waals surface area contributed by atoms with Gasteiger partial charge in [-0.25, -0.2) is 0 Å². The summed E-state index contributed by atoms with van der Waals surface area (Å²) >= 11 is 12.6. The van der Waals surface area contributed by atoms with Gasteiger partial charge in [-0.2, -0.15) is 0 Å². The van der Waals surface area contributed by atoms with Gasteiger partial charge >= 0.3 is 0 Å². The Hall–Kier alpha value is -0.440. The van der Waals surface area contributed by atoms with Crippen molar-refractivity contribution in [3.63, 3.8) is 0 Å². The number of nitrogens with one attached hydrogen (secondary N) is 1. The molecule has 1 aliphatic carbocycles. The van der Waals surface area contributed by atoms with E-state index in [0.29, 0.717) is 0 Å². The molecule has 1 atom stereocenters. The van der Waals surface area contributed by atoms with E-state index in [4.69, 9.17) is 23.2 Å². The van der Waals surface area contributed by atoms with Gasteiger partial charge in [0.25, 0.3) is 0 Å². The molecule has 0 radical (unpaired) electrons. The van der Waals surface area contributed by atoms with Crippen LogP contribution in [0.4, 0.5) is 5.69 Å². The molecule has 1 aliphatic heterocycles. The van der Waals surface area contributed by atoms with Gasteiger partial charge in [0.15, 0.2) is 0 Å². The van der Waals surface area contributed by atoms with Crippen LogP contribution in [-0.4, -0.2) is 25.7 Å². The third kappa shape index (κ3) is 3.18. The lowest BCUT2D eigenvalue weighted by Crippen LogP contribution is -2.27. The average molecular weight is 299 g/mol. The van der Waals surface area contributed by atoms with E-state index in [1.165, 1.54) is 19.3 Å². The number of halogens is 2. The standard InChI is InChI=1S/C15H20Cl2N2/c1-10-6-14(17)15(7-13(10)16)19-5-4-11(9-19)8-18-12-2-3-12/h6-7,11-12,18H,2-5,8-9H2,1H3. The number of aryl methyl sites for hydroxylation is 1. The highest BCUT2D eigenvalue weighted by Gasteiger charge is 2.27. The van der Waals surface area contributed by atoms with Gasteiger partial charge in [0.1, 0.15) is 0 Å². The Bertz CT molecular complexity index is 471. The lowest BCUT2D eigenvalue weighted by Gasteiger charge is -2.21. The van der Waals surface area contributed by atoms with E-state index in [1.807, 2.05) is 19.1 Å². The first-order valence-corrected chi connectivity index (χ1v) is 7.83. The quantitative estimate of drug-likeness (QED) is 0.907. The number of nitrogens with zero attached hydrogens (tertiary/aromatic N) is 1. The highest BCUT2D eigenvalue weighted by Crippen LogP contribution is 2.34. The third-order valence-electron chi connectivity index (χ3n) is 4.13. The SMILES string of the molecule is Cc1cc(Cl)c(N2CCC(CNC3CC3)C2)cc1Cl. The first-order valence-electron chi connectivity index (χ1n) is 7.07. The molecule has 2 nitrogen and oxygen atoms in total. The number of hydrogen-bond donors (Lipinski definition) is 1. The zero-order chi connectivity index (χ0) is 13.4. The normalized spacial score (nSPS) is 23.1. The van der Waals surface area contributed by atoms with Crippen molar-refractivity contribution in [3.8, 4) is 0 Å². The van der Waals surface area contributed by atoms with Gasteiger partial charge < -0.3 is 10.2 Å². The molecule has 0 bridgehead atoms. The lowest BCUT2D eigenvalue weighted by molar-refractivity contribution is 0.515. The monoisotopic (exact) mass is 298 g/mol. The number of anilines is 1. The molecule has 2 fully saturated rings. The molecule has 0 aromatic heterocycles. The van der Waals surface area contributed by atoms with Gasteiger partial charge in [-0.3, -0.25) is 0 Å². The fourth-order valence-electron chi connectivity index (χ4n) is 2.72. The number of hydrogen-bond acceptors (Lipinski definition) is 2. The van der Waals surface area contributed by atoms with Crippen molar-refractivity contribution >= 4 is 28.9 Å². The minimum absolute atomic E-state index is 0.733. The minimum Gasteiger partial charge on any atom is -0.370 e. The van der Waals surface area contributed by atoms with Crippen LogP contribution in [0.5, 0.6) is 0 Å². The van der Waals surface area contributed by atoms with Crippen LogP contribution in [0, 0.1) is 12.8 Å². The maximum absolute atomic E-state index is 6.35. The largest absolute Gasteiger partial charge is 0.370 e. The van der Waals surface area contributed by atoms with Crippen LogP contribution in [0.1, 0.15) is 24.8 Å². The van der Waals surface area contributed by atoms with Crippen LogP contribution >= 0.6 is 23.2 Å². The van der Waals surface area contributed by atoms with Crippen LogP contribution in [0.2, 0.25) is 10.0 Å². The Kier molecular flexibility index (Phi) is 3.93. The predicted octanol–water partition coefficient (Wildman–Crippen LogP) is 3.88. The van der Waals surface area contributed by atoms with E-state index in [1.54, 1.807) is 0 Å². The molecule has 19 heavy (non-hydrogen) atoms. The van der Waals surface area contributed by atoms with Crippen LogP contribution in [-0.2, 0) is 0 Å². The van der Waals surface area contributed by atoms with Gasteiger partial charge in [0.05, 0.1) is 10.7 Å². The van der Waals surface area contributed by atoms with Crippen molar-refractivity contribution < 1.29 is 0 Å². The summed E-state index contributed by atoms with van der Waals surface area (Å²) in [7, 11) is 0. The van der Waals surface area contributed by atoms with Crippen LogP contribution in [0.25, 0.3) is 0 Å². The molecule has 0 spiro atoms. The molecule has 4 heteroatoms. The zero-order valence-corrected chi connectivity index (χ0v) is 12.8. The van der Waals surface area contributed by atoms with Gasteiger partial charge in [-0.05, 0) is 56.3 Å². The third-order valence-corrected chi connectivity index (χ3v) is 4.84. The smallest absolute Gasteiger partial charge is 0.0643 e. The predicted molar refractivity (Wildman–Crippen MR) is 82.5 cm³/mol. The van der Waals surface area contributed by atoms with Crippen molar-refractivity contribution in [1.82, 2.24) is 5.32 Å². The molecule has 1 N–H and O–H groups in total. The van der Waals surface area contributed by atoms with Crippen LogP contribution < -0.4 is 10.2 Å². The van der Waals surface area contributed by atoms with E-state index in [0.717, 1.165) is 52.9 Å². The first kappa shape index (κ1) is 13.5. The topological polar surface area (TPSA) is 15.3 Å². The molecule has 104 valence electrons. The van der Waals surface area contributed by atoms with Crippen molar-refractivity contribution in [2.45, 2.75) is 32.2 Å². The van der Waals surface area contributed by atoms with Gasteiger partial charge in [0, 0.05) is 24.2 Å². The zero-order valence-electron chi connectivity index (χ0n) is 11.3. The Balaban J connectivity index is 1.64. The molecule has 1 saturated heterocycles. The Morgan fingerprint density at radius 2 is 2.00 bits per heavy atom. The van der Waals surface area contributed by atoms with Gasteiger partial charge in [-0.15, -0.1) is 0 Å². The van der Waals surface area contributed by atoms with E-state index in [9.17, 15) is 0 Å². The Morgan fingerprint density at radius 1 is 1.21 bits per heavy atom. The second-order valence-corrected chi connectivity index (χ2v) is 6.65. The molecule has 1 heterocycles. The maximum Gasteiger partial charge on any atom is 0.0643 e. The Morgan fingerprint density at radius 3 is 2.74 bits per heavy atom. The Labute approximate surface area is 125 Å². The second-order valence-electron chi connectivity index (χ2n) is 5.84. The molecule has 1 unspecified atom stereocenters. The van der Waals surface area contributed by atoms with Crippen molar-refractivity contribution in [1.29, 1.82) is 0 Å². The van der Waals surface area contributed by atoms with E-state index in [-0.39, 0.29) is 0 Å². The van der Waals surface area contributed by atoms with E-state index >= 15 is 0 Å². The molecular weight excluding hydrogens is 279 g/mol. The van der Waals surface area contributed by atoms with E-state index in [2.05, 4.69) is 10.2 Å². The van der Waals surface area contributed by atoms with Crippen LogP contribution in [0.3, 0.4) is 0 Å². The lowest BCUT2D eigenvalue weighted by atomic mass is 10.1. The summed E-state index contributed by atoms with van der Waals surface area (Å²) in [5, 5.41) is 5.24. The molecule has 3 rings (SSSR count). The summed E-state index contributed by atoms with van der Waals surface area (Å²) in [5.41, 5.74) is 2.13. The highest BCUT2D eigenvalue weighted by atomic mass is 35.5. The summed E-state index contributed by atoms with van der Waals surface area (Å²) in [4.78, 5) is 2.37. The maximum atomic E-state index is 6.35. The molecule has 1 aromatic carbocycles. The van der Waals surface area contributed by atoms with E-state index < -0.39 is 0 Å². The number of rotatable bonds is 4. The first-order chi connectivity index (χ1) is 9.13. The highest BCUT2D eigenvalue weighted by molar-refractivity contribution is 6.35. The summed E-state index contributed by atoms with van der Waals surface area (Å²) in [5.74, 6) is 0.733. The van der Waals surface area contributed by atoms with Gasteiger partial charge in [0.2, 0.25) is 0 Å². The molecule has 1 saturated carbocycles. The fraction of sp³-hybridized carbons (Fsp3) is 0.600. The van der Waals surface area contributed by atoms with Crippen molar-refractivity contribution in [2.24, 2.45) is 5.92 Å². The number of benzene rings is 1. The molecular formula is C15H20Cl2N2. The average Bonchev–Trinajstić information content (AvgIpc) is 3.09. The van der Waals surface area contributed by atoms with Crippen molar-refractivity contribution in [3.05, 3.63) is 27.7 Å². The molecule has 1 aromatic rings. The fourth-order valence-corrected chi connectivity index (χ4v) is 3.21. The second kappa shape index (κ2) is 5.51. The summed E-state index contributed by atoms with van der Waals surface area (Å²) < 4.78 is 0. The minimum atomic E-state index is 0.733. The van der Waals surface area contributed by atoms with Crippen molar-refractivity contribution in [2.75, 3.05) is 24.5 Å². The van der Waals surface area contributed by atoms with Crippen LogP contribution in [0.15, 0.2) is 12.1 Å². The molecule has 2 aliphatic rings.